The molecular weight excluding hydrogens is 280 g/mol. The summed E-state index contributed by atoms with van der Waals surface area (Å²) in [5.41, 5.74) is 5.27. The standard InChI is InChI=1S/C13H20N2O4S/c1-13(2,8-16)15(3)12(17)9-5-10(14)7-11(6-9)20(4,18)19/h5-7,16H,8,14H2,1-4H3. The minimum atomic E-state index is -3.45. The molecular formula is C13H20N2O4S. The van der Waals surface area contributed by atoms with Gasteiger partial charge in [0.25, 0.3) is 5.91 Å². The van der Waals surface area contributed by atoms with Gasteiger partial charge in [-0.05, 0) is 32.0 Å². The van der Waals surface area contributed by atoms with Crippen LogP contribution in [0.25, 0.3) is 0 Å². The van der Waals surface area contributed by atoms with Gasteiger partial charge in [0, 0.05) is 24.6 Å². The van der Waals surface area contributed by atoms with Crippen molar-refractivity contribution in [3.63, 3.8) is 0 Å². The summed E-state index contributed by atoms with van der Waals surface area (Å²) >= 11 is 0. The van der Waals surface area contributed by atoms with Crippen LogP contribution in [0.15, 0.2) is 23.1 Å². The Balaban J connectivity index is 3.28. The maximum Gasteiger partial charge on any atom is 0.254 e. The maximum absolute atomic E-state index is 12.3. The molecule has 1 aromatic carbocycles. The van der Waals surface area contributed by atoms with Gasteiger partial charge < -0.3 is 15.7 Å². The topological polar surface area (TPSA) is 101 Å². The van der Waals surface area contributed by atoms with Gasteiger partial charge >= 0.3 is 0 Å². The number of hydrogen-bond acceptors (Lipinski definition) is 5. The number of nitrogens with zero attached hydrogens (tertiary/aromatic N) is 1. The molecule has 1 aromatic rings. The molecule has 0 aliphatic carbocycles. The van der Waals surface area contributed by atoms with Gasteiger partial charge in [0.2, 0.25) is 0 Å². The lowest BCUT2D eigenvalue weighted by molar-refractivity contribution is 0.0473. The summed E-state index contributed by atoms with van der Waals surface area (Å²) in [5, 5.41) is 9.28. The summed E-state index contributed by atoms with van der Waals surface area (Å²) in [6.07, 6.45) is 1.05. The molecule has 0 bridgehead atoms. The Bertz CT molecular complexity index is 623. The molecule has 1 rings (SSSR count). The molecule has 0 aliphatic rings. The first-order valence-electron chi connectivity index (χ1n) is 5.98. The van der Waals surface area contributed by atoms with Crippen LogP contribution in [-0.2, 0) is 9.84 Å². The number of aliphatic hydroxyl groups excluding tert-OH is 1. The molecule has 0 saturated heterocycles. The van der Waals surface area contributed by atoms with E-state index in [0.717, 1.165) is 6.26 Å². The number of benzene rings is 1. The van der Waals surface area contributed by atoms with E-state index in [1.807, 2.05) is 0 Å². The molecule has 0 aromatic heterocycles. The van der Waals surface area contributed by atoms with Gasteiger partial charge in [-0.25, -0.2) is 8.42 Å². The van der Waals surface area contributed by atoms with Crippen LogP contribution in [0.1, 0.15) is 24.2 Å². The van der Waals surface area contributed by atoms with Crippen molar-refractivity contribution in [2.45, 2.75) is 24.3 Å². The second-order valence-electron chi connectivity index (χ2n) is 5.40. The minimum Gasteiger partial charge on any atom is -0.399 e. The number of nitrogens with two attached hydrogens (primary N) is 1. The average Bonchev–Trinajstić information content (AvgIpc) is 2.35. The second kappa shape index (κ2) is 5.41. The van der Waals surface area contributed by atoms with Gasteiger partial charge in [0.05, 0.1) is 17.0 Å². The zero-order valence-electron chi connectivity index (χ0n) is 12.0. The summed E-state index contributed by atoms with van der Waals surface area (Å²) < 4.78 is 23.1. The van der Waals surface area contributed by atoms with Crippen molar-refractivity contribution in [2.75, 3.05) is 25.6 Å². The molecule has 0 unspecified atom stereocenters. The predicted molar refractivity (Wildman–Crippen MR) is 77.2 cm³/mol. The lowest BCUT2D eigenvalue weighted by Gasteiger charge is -2.34. The van der Waals surface area contributed by atoms with Crippen molar-refractivity contribution < 1.29 is 18.3 Å². The van der Waals surface area contributed by atoms with Gasteiger partial charge in [0.15, 0.2) is 9.84 Å². The lowest BCUT2D eigenvalue weighted by atomic mass is 10.0. The number of sulfone groups is 1. The quantitative estimate of drug-likeness (QED) is 0.789. The molecule has 6 nitrogen and oxygen atoms in total. The van der Waals surface area contributed by atoms with Crippen LogP contribution >= 0.6 is 0 Å². The highest BCUT2D eigenvalue weighted by Crippen LogP contribution is 2.21. The Kier molecular flexibility index (Phi) is 4.45. The van der Waals surface area contributed by atoms with Crippen molar-refractivity contribution in [1.82, 2.24) is 4.90 Å². The maximum atomic E-state index is 12.3. The fourth-order valence-electron chi connectivity index (χ4n) is 1.53. The summed E-state index contributed by atoms with van der Waals surface area (Å²) in [4.78, 5) is 13.7. The van der Waals surface area contributed by atoms with E-state index in [-0.39, 0.29) is 22.8 Å². The number of carbonyl (C=O) groups is 1. The Morgan fingerprint density at radius 1 is 1.35 bits per heavy atom. The molecule has 0 fully saturated rings. The van der Waals surface area contributed by atoms with E-state index in [0.29, 0.717) is 0 Å². The van der Waals surface area contributed by atoms with Gasteiger partial charge in [-0.1, -0.05) is 0 Å². The van der Waals surface area contributed by atoms with Crippen LogP contribution < -0.4 is 5.73 Å². The normalized spacial score (nSPS) is 12.2. The Morgan fingerprint density at radius 2 is 1.90 bits per heavy atom. The van der Waals surface area contributed by atoms with E-state index in [2.05, 4.69) is 0 Å². The zero-order valence-corrected chi connectivity index (χ0v) is 12.9. The number of amides is 1. The fraction of sp³-hybridized carbons (Fsp3) is 0.462. The van der Waals surface area contributed by atoms with E-state index in [9.17, 15) is 18.3 Å². The molecule has 7 heteroatoms. The summed E-state index contributed by atoms with van der Waals surface area (Å²) in [5.74, 6) is -0.402. The number of nitrogen functional groups attached to an aromatic ring is 1. The third-order valence-electron chi connectivity index (χ3n) is 3.20. The number of rotatable bonds is 4. The van der Waals surface area contributed by atoms with Crippen LogP contribution in [-0.4, -0.2) is 49.8 Å². The van der Waals surface area contributed by atoms with Crippen molar-refractivity contribution in [3.05, 3.63) is 23.8 Å². The Hall–Kier alpha value is -1.60. The molecule has 112 valence electrons. The molecule has 1 amide bonds. The summed E-state index contributed by atoms with van der Waals surface area (Å²) in [7, 11) is -1.90. The number of aliphatic hydroxyl groups is 1. The summed E-state index contributed by atoms with van der Waals surface area (Å²) in [6.45, 7) is 3.19. The molecule has 3 N–H and O–H groups in total. The van der Waals surface area contributed by atoms with Crippen LogP contribution in [0, 0.1) is 0 Å². The molecule has 0 aliphatic heterocycles. The van der Waals surface area contributed by atoms with Gasteiger partial charge in [-0.2, -0.15) is 0 Å². The van der Waals surface area contributed by atoms with Crippen LogP contribution in [0.3, 0.4) is 0 Å². The third kappa shape index (κ3) is 3.49. The van der Waals surface area contributed by atoms with Gasteiger partial charge in [-0.3, -0.25) is 4.79 Å². The minimum absolute atomic E-state index is 0.00365. The SMILES string of the molecule is CN(C(=O)c1cc(N)cc(S(C)(=O)=O)c1)C(C)(C)CO. The number of likely N-dealkylation sites (N-methyl/N-ethyl adjacent to an activating group) is 1. The van der Waals surface area contributed by atoms with E-state index >= 15 is 0 Å². The first kappa shape index (κ1) is 16.5. The molecule has 0 atom stereocenters. The largest absolute Gasteiger partial charge is 0.399 e. The highest BCUT2D eigenvalue weighted by molar-refractivity contribution is 7.90. The van der Waals surface area contributed by atoms with Crippen molar-refractivity contribution in [3.8, 4) is 0 Å². The van der Waals surface area contributed by atoms with E-state index in [1.165, 1.54) is 23.1 Å². The fourth-order valence-corrected chi connectivity index (χ4v) is 2.23. The average molecular weight is 300 g/mol. The first-order valence-corrected chi connectivity index (χ1v) is 7.88. The van der Waals surface area contributed by atoms with Crippen molar-refractivity contribution in [2.24, 2.45) is 0 Å². The number of anilines is 1. The molecule has 20 heavy (non-hydrogen) atoms. The Labute approximate surface area is 119 Å². The Morgan fingerprint density at radius 3 is 2.35 bits per heavy atom. The number of carbonyl (C=O) groups excluding carboxylic acids is 1. The molecule has 0 spiro atoms. The highest BCUT2D eigenvalue weighted by Gasteiger charge is 2.28. The number of hydrogen-bond donors (Lipinski definition) is 2. The highest BCUT2D eigenvalue weighted by atomic mass is 32.2. The van der Waals surface area contributed by atoms with E-state index in [4.69, 9.17) is 5.73 Å². The predicted octanol–water partition coefficient (Wildman–Crippen LogP) is 0.515. The van der Waals surface area contributed by atoms with E-state index in [1.54, 1.807) is 20.9 Å². The van der Waals surface area contributed by atoms with Gasteiger partial charge in [0.1, 0.15) is 0 Å². The molecule has 0 saturated carbocycles. The van der Waals surface area contributed by atoms with Crippen LogP contribution in [0.2, 0.25) is 0 Å². The molecule has 0 radical (unpaired) electrons. The van der Waals surface area contributed by atoms with E-state index < -0.39 is 21.3 Å². The van der Waals surface area contributed by atoms with Crippen LogP contribution in [0.4, 0.5) is 5.69 Å². The lowest BCUT2D eigenvalue weighted by Crippen LogP contribution is -2.47. The smallest absolute Gasteiger partial charge is 0.254 e. The van der Waals surface area contributed by atoms with Gasteiger partial charge in [-0.15, -0.1) is 0 Å². The first-order chi connectivity index (χ1) is 8.99. The third-order valence-corrected chi connectivity index (χ3v) is 4.30. The zero-order chi connectivity index (χ0) is 15.7. The monoisotopic (exact) mass is 300 g/mol. The van der Waals surface area contributed by atoms with Crippen LogP contribution in [0.5, 0.6) is 0 Å². The molecule has 0 heterocycles. The van der Waals surface area contributed by atoms with Crippen molar-refractivity contribution in [1.29, 1.82) is 0 Å². The van der Waals surface area contributed by atoms with Crippen molar-refractivity contribution >= 4 is 21.4 Å². The summed E-state index contributed by atoms with van der Waals surface area (Å²) in [6, 6.07) is 4.02. The second-order valence-corrected chi connectivity index (χ2v) is 7.41.